The Kier molecular flexibility index (Phi) is 3.10. The van der Waals surface area contributed by atoms with Gasteiger partial charge in [-0.3, -0.25) is 0 Å². The molecule has 0 radical (unpaired) electrons. The zero-order valence-corrected chi connectivity index (χ0v) is 9.94. The molecule has 0 aromatic heterocycles. The van der Waals surface area contributed by atoms with Gasteiger partial charge in [0.05, 0.1) is 0 Å². The lowest BCUT2D eigenvalue weighted by atomic mass is 9.82. The van der Waals surface area contributed by atoms with Crippen LogP contribution in [0.5, 0.6) is 0 Å². The highest BCUT2D eigenvalue weighted by Gasteiger charge is 2.37. The third kappa shape index (κ3) is 2.57. The Balaban J connectivity index is 2.21. The largest absolute Gasteiger partial charge is 0.248 e. The van der Waals surface area contributed by atoms with E-state index in [1.807, 2.05) is 24.3 Å². The maximum absolute atomic E-state index is 13.3. The molecule has 1 saturated carbocycles. The van der Waals surface area contributed by atoms with E-state index in [1.165, 1.54) is 0 Å². The molecule has 15 heavy (non-hydrogen) atoms. The van der Waals surface area contributed by atoms with Gasteiger partial charge < -0.3 is 0 Å². The van der Waals surface area contributed by atoms with Gasteiger partial charge in [0.1, 0.15) is 0 Å². The molecule has 0 amide bonds. The summed E-state index contributed by atoms with van der Waals surface area (Å²) in [6, 6.07) is 7.68. The topological polar surface area (TPSA) is 0 Å². The Morgan fingerprint density at radius 1 is 1.27 bits per heavy atom. The first-order valence-electron chi connectivity index (χ1n) is 5.21. The molecule has 0 spiro atoms. The number of halogens is 3. The standard InChI is InChI=1S/C12H13BrF2/c13-11-6-2-1-5-10(11)9-4-3-7-12(14,15)8-9/h1-2,5-6,9H,3-4,7-8H2. The Hall–Kier alpha value is -0.440. The second kappa shape index (κ2) is 4.20. The molecule has 82 valence electrons. The van der Waals surface area contributed by atoms with Crippen LogP contribution >= 0.6 is 15.9 Å². The van der Waals surface area contributed by atoms with Crippen molar-refractivity contribution in [2.75, 3.05) is 0 Å². The van der Waals surface area contributed by atoms with E-state index in [9.17, 15) is 8.78 Å². The van der Waals surface area contributed by atoms with Crippen LogP contribution in [0.25, 0.3) is 0 Å². The molecular formula is C12H13BrF2. The van der Waals surface area contributed by atoms with E-state index in [0.29, 0.717) is 6.42 Å². The van der Waals surface area contributed by atoms with Crippen molar-refractivity contribution in [1.82, 2.24) is 0 Å². The molecule has 1 aliphatic rings. The number of hydrogen-bond donors (Lipinski definition) is 0. The summed E-state index contributed by atoms with van der Waals surface area (Å²) in [6.07, 6.45) is 1.54. The van der Waals surface area contributed by atoms with Crippen LogP contribution in [0.2, 0.25) is 0 Å². The second-order valence-corrected chi connectivity index (χ2v) is 5.03. The van der Waals surface area contributed by atoms with Crippen molar-refractivity contribution in [2.24, 2.45) is 0 Å². The summed E-state index contributed by atoms with van der Waals surface area (Å²) in [6.45, 7) is 0. The van der Waals surface area contributed by atoms with Gasteiger partial charge in [-0.05, 0) is 30.4 Å². The zero-order valence-electron chi connectivity index (χ0n) is 8.35. The van der Waals surface area contributed by atoms with E-state index in [1.54, 1.807) is 0 Å². The van der Waals surface area contributed by atoms with Crippen molar-refractivity contribution in [1.29, 1.82) is 0 Å². The van der Waals surface area contributed by atoms with E-state index in [2.05, 4.69) is 15.9 Å². The fraction of sp³-hybridized carbons (Fsp3) is 0.500. The van der Waals surface area contributed by atoms with Crippen LogP contribution in [-0.2, 0) is 0 Å². The summed E-state index contributed by atoms with van der Waals surface area (Å²) in [5.41, 5.74) is 1.02. The van der Waals surface area contributed by atoms with Gasteiger partial charge in [0.2, 0.25) is 5.92 Å². The number of hydrogen-bond acceptors (Lipinski definition) is 0. The summed E-state index contributed by atoms with van der Waals surface area (Å²) in [7, 11) is 0. The first-order valence-corrected chi connectivity index (χ1v) is 6.00. The highest BCUT2D eigenvalue weighted by atomic mass is 79.9. The normalized spacial score (nSPS) is 25.1. The average molecular weight is 275 g/mol. The lowest BCUT2D eigenvalue weighted by Crippen LogP contribution is -2.25. The summed E-state index contributed by atoms with van der Waals surface area (Å²) < 4.78 is 27.5. The molecule has 0 bridgehead atoms. The van der Waals surface area contributed by atoms with Gasteiger partial charge in [-0.15, -0.1) is 0 Å². The fourth-order valence-electron chi connectivity index (χ4n) is 2.24. The van der Waals surface area contributed by atoms with E-state index >= 15 is 0 Å². The SMILES string of the molecule is FC1(F)CCCC(c2ccccc2Br)C1. The van der Waals surface area contributed by atoms with Crippen LogP contribution in [0.15, 0.2) is 28.7 Å². The molecule has 1 aromatic rings. The van der Waals surface area contributed by atoms with Gasteiger partial charge in [-0.25, -0.2) is 8.78 Å². The van der Waals surface area contributed by atoms with Crippen molar-refractivity contribution in [3.05, 3.63) is 34.3 Å². The Labute approximate surface area is 96.8 Å². The molecule has 1 aliphatic carbocycles. The summed E-state index contributed by atoms with van der Waals surface area (Å²) >= 11 is 3.42. The molecule has 1 atom stereocenters. The monoisotopic (exact) mass is 274 g/mol. The zero-order chi connectivity index (χ0) is 10.9. The molecule has 0 N–H and O–H groups in total. The first-order chi connectivity index (χ1) is 7.08. The molecular weight excluding hydrogens is 262 g/mol. The third-order valence-electron chi connectivity index (χ3n) is 2.99. The van der Waals surface area contributed by atoms with Crippen molar-refractivity contribution in [3.63, 3.8) is 0 Å². The molecule has 0 saturated heterocycles. The van der Waals surface area contributed by atoms with Gasteiger partial charge in [0, 0.05) is 17.3 Å². The lowest BCUT2D eigenvalue weighted by molar-refractivity contribution is -0.0408. The molecule has 1 unspecified atom stereocenters. The molecule has 0 heterocycles. The predicted molar refractivity (Wildman–Crippen MR) is 60.3 cm³/mol. The molecule has 0 nitrogen and oxygen atoms in total. The fourth-order valence-corrected chi connectivity index (χ4v) is 2.85. The Morgan fingerprint density at radius 2 is 2.00 bits per heavy atom. The summed E-state index contributed by atoms with van der Waals surface area (Å²) in [5, 5.41) is 0. The highest BCUT2D eigenvalue weighted by Crippen LogP contribution is 2.43. The van der Waals surface area contributed by atoms with Crippen LogP contribution in [0.3, 0.4) is 0 Å². The molecule has 1 fully saturated rings. The Bertz CT molecular complexity index is 349. The predicted octanol–water partition coefficient (Wildman–Crippen LogP) is 4.74. The maximum atomic E-state index is 13.3. The third-order valence-corrected chi connectivity index (χ3v) is 3.71. The van der Waals surface area contributed by atoms with Gasteiger partial charge in [-0.2, -0.15) is 0 Å². The minimum absolute atomic E-state index is 0.00400. The van der Waals surface area contributed by atoms with Crippen molar-refractivity contribution in [2.45, 2.75) is 37.5 Å². The second-order valence-electron chi connectivity index (χ2n) is 4.17. The van der Waals surface area contributed by atoms with Crippen molar-refractivity contribution >= 4 is 15.9 Å². The minimum atomic E-state index is -2.47. The van der Waals surface area contributed by atoms with Crippen LogP contribution in [0.1, 0.15) is 37.2 Å². The van der Waals surface area contributed by atoms with Crippen molar-refractivity contribution in [3.8, 4) is 0 Å². The number of benzene rings is 1. The summed E-state index contributed by atoms with van der Waals surface area (Å²) in [5.74, 6) is -2.47. The quantitative estimate of drug-likeness (QED) is 0.694. The molecule has 3 heteroatoms. The molecule has 2 rings (SSSR count). The van der Waals surface area contributed by atoms with E-state index in [4.69, 9.17) is 0 Å². The van der Waals surface area contributed by atoms with Crippen molar-refractivity contribution < 1.29 is 8.78 Å². The van der Waals surface area contributed by atoms with Crippen LogP contribution in [0.4, 0.5) is 8.78 Å². The van der Waals surface area contributed by atoms with Gasteiger partial charge >= 0.3 is 0 Å². The molecule has 1 aromatic carbocycles. The molecule has 0 aliphatic heterocycles. The van der Waals surface area contributed by atoms with E-state index in [0.717, 1.165) is 16.5 Å². The summed E-state index contributed by atoms with van der Waals surface area (Å²) in [4.78, 5) is 0. The Morgan fingerprint density at radius 3 is 2.67 bits per heavy atom. The van der Waals surface area contributed by atoms with E-state index < -0.39 is 5.92 Å². The maximum Gasteiger partial charge on any atom is 0.248 e. The first kappa shape index (κ1) is 11.1. The lowest BCUT2D eigenvalue weighted by Gasteiger charge is -2.29. The average Bonchev–Trinajstić information content (AvgIpc) is 2.17. The minimum Gasteiger partial charge on any atom is -0.207 e. The van der Waals surface area contributed by atoms with Gasteiger partial charge in [0.15, 0.2) is 0 Å². The van der Waals surface area contributed by atoms with E-state index in [-0.39, 0.29) is 18.8 Å². The number of alkyl halides is 2. The van der Waals surface area contributed by atoms with Crippen LogP contribution in [-0.4, -0.2) is 5.92 Å². The smallest absolute Gasteiger partial charge is 0.207 e. The van der Waals surface area contributed by atoms with Gasteiger partial charge in [-0.1, -0.05) is 34.1 Å². The number of rotatable bonds is 1. The van der Waals surface area contributed by atoms with Crippen LogP contribution in [0, 0.1) is 0 Å². The van der Waals surface area contributed by atoms with Crippen LogP contribution < -0.4 is 0 Å². The van der Waals surface area contributed by atoms with Gasteiger partial charge in [0.25, 0.3) is 0 Å². The highest BCUT2D eigenvalue weighted by molar-refractivity contribution is 9.10.